The summed E-state index contributed by atoms with van der Waals surface area (Å²) in [5, 5.41) is 16.0. The maximum atomic E-state index is 12.0. The smallest absolute Gasteiger partial charge is 0.278 e. The highest BCUT2D eigenvalue weighted by Crippen LogP contribution is 2.26. The maximum absolute atomic E-state index is 12.0. The Morgan fingerprint density at radius 1 is 1.13 bits per heavy atom. The van der Waals surface area contributed by atoms with Crippen LogP contribution in [-0.2, 0) is 0 Å². The summed E-state index contributed by atoms with van der Waals surface area (Å²) < 4.78 is 4.24. The van der Waals surface area contributed by atoms with Crippen LogP contribution in [-0.4, -0.2) is 37.2 Å². The van der Waals surface area contributed by atoms with E-state index in [1.807, 2.05) is 18.2 Å². The average molecular weight is 363 g/mol. The Balaban J connectivity index is 1.55. The van der Waals surface area contributed by atoms with E-state index in [0.29, 0.717) is 15.0 Å². The van der Waals surface area contributed by atoms with Crippen LogP contribution in [0.4, 0.5) is 5.13 Å². The van der Waals surface area contributed by atoms with E-state index >= 15 is 0 Å². The lowest BCUT2D eigenvalue weighted by atomic mass is 10.2. The van der Waals surface area contributed by atoms with Crippen LogP contribution in [0.5, 0.6) is 0 Å². The molecule has 23 heavy (non-hydrogen) atoms. The Labute approximate surface area is 143 Å². The predicted molar refractivity (Wildman–Crippen MR) is 89.3 cm³/mol. The van der Waals surface area contributed by atoms with Crippen LogP contribution in [0.3, 0.4) is 0 Å². The monoisotopic (exact) mass is 363 g/mol. The van der Waals surface area contributed by atoms with Gasteiger partial charge in [-0.1, -0.05) is 57.9 Å². The molecule has 7 nitrogen and oxygen atoms in total. The number of aromatic nitrogens is 4. The fraction of sp³-hybridized carbons (Fsp3) is 0.0769. The van der Waals surface area contributed by atoms with Crippen molar-refractivity contribution in [3.05, 3.63) is 47.0 Å². The predicted octanol–water partition coefficient (Wildman–Crippen LogP) is 2.62. The minimum absolute atomic E-state index is 0.0185. The summed E-state index contributed by atoms with van der Waals surface area (Å²) in [5.41, 5.74) is 0.896. The number of amides is 1. The summed E-state index contributed by atoms with van der Waals surface area (Å²) in [6.45, 7) is 0. The zero-order chi connectivity index (χ0) is 16.1. The van der Waals surface area contributed by atoms with Crippen molar-refractivity contribution < 1.29 is 9.59 Å². The molecule has 0 aliphatic heterocycles. The number of rotatable bonds is 6. The number of thioether (sulfide) groups is 1. The molecule has 1 amide bonds. The summed E-state index contributed by atoms with van der Waals surface area (Å²) in [4.78, 5) is 23.8. The molecule has 3 aromatic rings. The highest BCUT2D eigenvalue weighted by Gasteiger charge is 2.14. The first-order valence-electron chi connectivity index (χ1n) is 6.35. The molecular formula is C13H9N5O2S3. The number of nitrogens with one attached hydrogen (secondary N) is 1. The van der Waals surface area contributed by atoms with Crippen molar-refractivity contribution >= 4 is 51.5 Å². The lowest BCUT2D eigenvalue weighted by Gasteiger charge is -1.98. The van der Waals surface area contributed by atoms with Gasteiger partial charge < -0.3 is 0 Å². The van der Waals surface area contributed by atoms with Gasteiger partial charge in [-0.25, -0.2) is 0 Å². The fourth-order valence-corrected chi connectivity index (χ4v) is 3.66. The molecule has 1 N–H and O–H groups in total. The molecule has 0 saturated carbocycles. The molecule has 10 heteroatoms. The van der Waals surface area contributed by atoms with Gasteiger partial charge in [-0.2, -0.15) is 0 Å². The second kappa shape index (κ2) is 7.40. The van der Waals surface area contributed by atoms with Crippen molar-refractivity contribution in [3.63, 3.8) is 0 Å². The van der Waals surface area contributed by atoms with Gasteiger partial charge in [0.1, 0.15) is 0 Å². The Bertz CT molecular complexity index is 804. The SMILES string of the molecule is O=C(CSc1nnc(NC(=O)c2csnn2)s1)c1ccccc1. The third kappa shape index (κ3) is 4.18. The van der Waals surface area contributed by atoms with Gasteiger partial charge >= 0.3 is 0 Å². The van der Waals surface area contributed by atoms with Gasteiger partial charge in [-0.3, -0.25) is 14.9 Å². The zero-order valence-electron chi connectivity index (χ0n) is 11.5. The highest BCUT2D eigenvalue weighted by molar-refractivity contribution is 8.01. The molecule has 0 atom stereocenters. The van der Waals surface area contributed by atoms with Crippen molar-refractivity contribution in [1.82, 2.24) is 19.8 Å². The first-order valence-corrected chi connectivity index (χ1v) is 8.99. The molecule has 2 heterocycles. The largest absolute Gasteiger partial charge is 0.295 e. The summed E-state index contributed by atoms with van der Waals surface area (Å²) in [6, 6.07) is 9.06. The number of carbonyl (C=O) groups is 2. The lowest BCUT2D eigenvalue weighted by molar-refractivity contribution is 0.101. The fourth-order valence-electron chi connectivity index (χ4n) is 1.58. The van der Waals surface area contributed by atoms with Crippen LogP contribution >= 0.6 is 34.6 Å². The second-order valence-corrected chi connectivity index (χ2v) is 7.01. The minimum atomic E-state index is -0.383. The molecule has 3 rings (SSSR count). The van der Waals surface area contributed by atoms with Crippen molar-refractivity contribution in [1.29, 1.82) is 0 Å². The summed E-state index contributed by atoms with van der Waals surface area (Å²) in [7, 11) is 0. The minimum Gasteiger partial charge on any atom is -0.295 e. The molecule has 0 saturated heterocycles. The summed E-state index contributed by atoms with van der Waals surface area (Å²) >= 11 is 3.59. The van der Waals surface area contributed by atoms with Crippen LogP contribution < -0.4 is 5.32 Å². The van der Waals surface area contributed by atoms with E-state index in [1.165, 1.54) is 23.1 Å². The first kappa shape index (κ1) is 15.7. The number of anilines is 1. The van der Waals surface area contributed by atoms with Crippen LogP contribution in [0, 0.1) is 0 Å². The molecule has 0 aliphatic rings. The molecule has 0 fully saturated rings. The Morgan fingerprint density at radius 2 is 1.96 bits per heavy atom. The number of hydrogen-bond acceptors (Lipinski definition) is 9. The molecule has 116 valence electrons. The normalized spacial score (nSPS) is 10.4. The maximum Gasteiger partial charge on any atom is 0.278 e. The van der Waals surface area contributed by atoms with E-state index in [-0.39, 0.29) is 23.1 Å². The number of ketones is 1. The molecule has 0 radical (unpaired) electrons. The topological polar surface area (TPSA) is 97.7 Å². The molecule has 0 spiro atoms. The standard InChI is InChI=1S/C13H9N5O2S3/c19-10(8-4-2-1-3-5-8)7-21-13-17-16-12(23-13)14-11(20)9-6-22-18-15-9/h1-6H,7H2,(H,14,16,20). The molecule has 0 aliphatic carbocycles. The average Bonchev–Trinajstić information content (AvgIpc) is 3.25. The van der Waals surface area contributed by atoms with Gasteiger partial charge in [0.25, 0.3) is 5.91 Å². The Kier molecular flexibility index (Phi) is 5.05. The van der Waals surface area contributed by atoms with Crippen molar-refractivity contribution in [2.75, 3.05) is 11.1 Å². The summed E-state index contributed by atoms with van der Waals surface area (Å²) in [6.07, 6.45) is 0. The van der Waals surface area contributed by atoms with Gasteiger partial charge in [0, 0.05) is 10.9 Å². The molecule has 1 aromatic carbocycles. The van der Waals surface area contributed by atoms with E-state index in [9.17, 15) is 9.59 Å². The van der Waals surface area contributed by atoms with Crippen molar-refractivity contribution in [3.8, 4) is 0 Å². The van der Waals surface area contributed by atoms with E-state index in [1.54, 1.807) is 17.5 Å². The van der Waals surface area contributed by atoms with Gasteiger partial charge in [0.15, 0.2) is 15.8 Å². The van der Waals surface area contributed by atoms with Gasteiger partial charge in [-0.15, -0.1) is 15.3 Å². The van der Waals surface area contributed by atoms with Crippen LogP contribution in [0.15, 0.2) is 40.1 Å². The third-order valence-electron chi connectivity index (χ3n) is 2.64. The number of Topliss-reactive ketones (excluding diaryl/α,β-unsaturated/α-hetero) is 1. The third-order valence-corrected chi connectivity index (χ3v) is 5.12. The lowest BCUT2D eigenvalue weighted by Crippen LogP contribution is -2.12. The van der Waals surface area contributed by atoms with E-state index in [0.717, 1.165) is 11.5 Å². The van der Waals surface area contributed by atoms with Gasteiger partial charge in [-0.05, 0) is 11.5 Å². The molecular weight excluding hydrogens is 354 g/mol. The quantitative estimate of drug-likeness (QED) is 0.408. The van der Waals surface area contributed by atoms with E-state index in [2.05, 4.69) is 25.1 Å². The van der Waals surface area contributed by atoms with Crippen LogP contribution in [0.25, 0.3) is 0 Å². The van der Waals surface area contributed by atoms with Gasteiger partial charge in [0.2, 0.25) is 5.13 Å². The number of nitrogens with zero attached hydrogens (tertiary/aromatic N) is 4. The highest BCUT2D eigenvalue weighted by atomic mass is 32.2. The van der Waals surface area contributed by atoms with E-state index < -0.39 is 0 Å². The van der Waals surface area contributed by atoms with E-state index in [4.69, 9.17) is 0 Å². The number of benzene rings is 1. The Morgan fingerprint density at radius 3 is 2.70 bits per heavy atom. The van der Waals surface area contributed by atoms with Crippen molar-refractivity contribution in [2.45, 2.75) is 4.34 Å². The molecule has 2 aromatic heterocycles. The number of hydrogen-bond donors (Lipinski definition) is 1. The molecule has 0 unspecified atom stereocenters. The van der Waals surface area contributed by atoms with Crippen LogP contribution in [0.1, 0.15) is 20.8 Å². The van der Waals surface area contributed by atoms with Crippen LogP contribution in [0.2, 0.25) is 0 Å². The Hall–Kier alpha value is -2.17. The zero-order valence-corrected chi connectivity index (χ0v) is 14.0. The molecule has 0 bridgehead atoms. The first-order chi connectivity index (χ1) is 11.2. The number of carbonyl (C=O) groups excluding carboxylic acids is 2. The van der Waals surface area contributed by atoms with Gasteiger partial charge in [0.05, 0.1) is 5.75 Å². The van der Waals surface area contributed by atoms with Crippen molar-refractivity contribution in [2.24, 2.45) is 0 Å². The second-order valence-electron chi connectivity index (χ2n) is 4.20. The summed E-state index contributed by atoms with van der Waals surface area (Å²) in [5.74, 6) is -0.0977.